The third-order valence-electron chi connectivity index (χ3n) is 3.04. The number of nitrogens with two attached hydrogens (primary N) is 1. The third kappa shape index (κ3) is 5.04. The van der Waals surface area contributed by atoms with Gasteiger partial charge in [-0.3, -0.25) is 4.79 Å². The summed E-state index contributed by atoms with van der Waals surface area (Å²) in [5.41, 5.74) is 7.69. The van der Waals surface area contributed by atoms with Gasteiger partial charge in [0.05, 0.1) is 0 Å². The maximum Gasteiger partial charge on any atom is 0.271 e. The van der Waals surface area contributed by atoms with E-state index in [1.165, 1.54) is 11.3 Å². The quantitative estimate of drug-likeness (QED) is 0.882. The van der Waals surface area contributed by atoms with E-state index >= 15 is 0 Å². The first-order valence-electron chi connectivity index (χ1n) is 7.50. The van der Waals surface area contributed by atoms with Crippen LogP contribution in [0.1, 0.15) is 47.4 Å². The molecule has 0 unspecified atom stereocenters. The van der Waals surface area contributed by atoms with Crippen LogP contribution in [0.5, 0.6) is 5.75 Å². The first kappa shape index (κ1) is 17.4. The molecule has 3 N–H and O–H groups in total. The molecule has 5 nitrogen and oxygen atoms in total. The van der Waals surface area contributed by atoms with Crippen molar-refractivity contribution in [1.29, 1.82) is 0 Å². The third-order valence-corrected chi connectivity index (χ3v) is 3.91. The van der Waals surface area contributed by atoms with Gasteiger partial charge in [-0.25, -0.2) is 4.98 Å². The molecule has 1 heterocycles. The van der Waals surface area contributed by atoms with Crippen molar-refractivity contribution >= 4 is 17.2 Å². The molecular formula is C17H23N3O2S. The zero-order valence-electron chi connectivity index (χ0n) is 14.0. The fourth-order valence-corrected chi connectivity index (χ4v) is 2.66. The lowest BCUT2D eigenvalue weighted by Crippen LogP contribution is -2.26. The van der Waals surface area contributed by atoms with E-state index in [0.717, 1.165) is 21.9 Å². The summed E-state index contributed by atoms with van der Waals surface area (Å²) in [4.78, 5) is 16.3. The Morgan fingerprint density at radius 3 is 2.74 bits per heavy atom. The summed E-state index contributed by atoms with van der Waals surface area (Å²) in [5.74, 6) is 0.585. The molecule has 1 amide bonds. The molecule has 0 saturated carbocycles. The van der Waals surface area contributed by atoms with Crippen molar-refractivity contribution in [3.05, 3.63) is 45.4 Å². The van der Waals surface area contributed by atoms with Gasteiger partial charge in [0.25, 0.3) is 5.91 Å². The second-order valence-corrected chi connectivity index (χ2v) is 7.28. The number of ether oxygens (including phenoxy) is 1. The van der Waals surface area contributed by atoms with Crippen LogP contribution in [0, 0.1) is 6.92 Å². The lowest BCUT2D eigenvalue weighted by atomic mass is 10.1. The summed E-state index contributed by atoms with van der Waals surface area (Å²) >= 11 is 1.39. The fraction of sp³-hybridized carbons (Fsp3) is 0.412. The normalized spacial score (nSPS) is 11.3. The van der Waals surface area contributed by atoms with Gasteiger partial charge < -0.3 is 15.8 Å². The maximum absolute atomic E-state index is 12.2. The van der Waals surface area contributed by atoms with Crippen LogP contribution < -0.4 is 15.8 Å². The number of carbonyl (C=O) groups is 1. The molecule has 0 bridgehead atoms. The molecule has 0 aliphatic carbocycles. The molecule has 0 spiro atoms. The Bertz CT molecular complexity index is 689. The Balaban J connectivity index is 2.09. The number of nitrogens with one attached hydrogen (secondary N) is 1. The number of nitrogens with zero attached hydrogens (tertiary/aromatic N) is 1. The highest BCUT2D eigenvalue weighted by Gasteiger charge is 2.16. The molecule has 0 fully saturated rings. The van der Waals surface area contributed by atoms with Crippen molar-refractivity contribution in [2.75, 3.05) is 0 Å². The monoisotopic (exact) mass is 333 g/mol. The van der Waals surface area contributed by atoms with Gasteiger partial charge in [0.1, 0.15) is 22.1 Å². The molecule has 2 aromatic rings. The van der Waals surface area contributed by atoms with Gasteiger partial charge in [-0.2, -0.15) is 0 Å². The topological polar surface area (TPSA) is 77.2 Å². The van der Waals surface area contributed by atoms with E-state index in [1.807, 2.05) is 45.9 Å². The molecule has 0 atom stereocenters. The van der Waals surface area contributed by atoms with E-state index in [2.05, 4.69) is 10.3 Å². The fourth-order valence-electron chi connectivity index (χ4n) is 2.01. The second kappa shape index (κ2) is 7.10. The van der Waals surface area contributed by atoms with Gasteiger partial charge >= 0.3 is 0 Å². The lowest BCUT2D eigenvalue weighted by molar-refractivity contribution is 0.0945. The predicted molar refractivity (Wildman–Crippen MR) is 92.7 cm³/mol. The summed E-state index contributed by atoms with van der Waals surface area (Å²) in [6.45, 7) is 8.75. The molecule has 0 aliphatic rings. The molecular weight excluding hydrogens is 310 g/mol. The number of amides is 1. The van der Waals surface area contributed by atoms with Gasteiger partial charge in [0, 0.05) is 24.0 Å². The molecule has 23 heavy (non-hydrogen) atoms. The average molecular weight is 333 g/mol. The first-order valence-corrected chi connectivity index (χ1v) is 8.37. The Hall–Kier alpha value is -1.92. The molecule has 0 saturated heterocycles. The highest BCUT2D eigenvalue weighted by molar-refractivity contribution is 7.09. The van der Waals surface area contributed by atoms with Crippen molar-refractivity contribution in [2.24, 2.45) is 5.73 Å². The number of aryl methyl sites for hydroxylation is 1. The highest BCUT2D eigenvalue weighted by atomic mass is 32.1. The summed E-state index contributed by atoms with van der Waals surface area (Å²) < 4.78 is 5.99. The van der Waals surface area contributed by atoms with E-state index in [4.69, 9.17) is 10.5 Å². The number of thiazole rings is 1. The SMILES string of the molecule is Cc1ccc(CNC(=O)c2csc(CN)n2)c(OC(C)(C)C)c1. The Morgan fingerprint density at radius 2 is 2.13 bits per heavy atom. The summed E-state index contributed by atoms with van der Waals surface area (Å²) in [6.07, 6.45) is 0. The number of benzene rings is 1. The largest absolute Gasteiger partial charge is 0.488 e. The predicted octanol–water partition coefficient (Wildman–Crippen LogP) is 3.02. The minimum absolute atomic E-state index is 0.205. The van der Waals surface area contributed by atoms with E-state index in [1.54, 1.807) is 5.38 Å². The smallest absolute Gasteiger partial charge is 0.271 e. The molecule has 6 heteroatoms. The number of carbonyl (C=O) groups excluding carboxylic acids is 1. The van der Waals surface area contributed by atoms with E-state index < -0.39 is 0 Å². The summed E-state index contributed by atoms with van der Waals surface area (Å²) in [7, 11) is 0. The lowest BCUT2D eigenvalue weighted by Gasteiger charge is -2.23. The molecule has 1 aromatic carbocycles. The van der Waals surface area contributed by atoms with Gasteiger partial charge in [0.2, 0.25) is 0 Å². The number of hydrogen-bond acceptors (Lipinski definition) is 5. The van der Waals surface area contributed by atoms with Gasteiger partial charge in [-0.15, -0.1) is 11.3 Å². The standard InChI is InChI=1S/C17H23N3O2S/c1-11-5-6-12(14(7-11)22-17(2,3)4)9-19-16(21)13-10-23-15(8-18)20-13/h5-7,10H,8-9,18H2,1-4H3,(H,19,21). The summed E-state index contributed by atoms with van der Waals surface area (Å²) in [6, 6.07) is 5.97. The van der Waals surface area contributed by atoms with E-state index in [9.17, 15) is 4.79 Å². The van der Waals surface area contributed by atoms with Crippen molar-refractivity contribution in [3.63, 3.8) is 0 Å². The van der Waals surface area contributed by atoms with E-state index in [-0.39, 0.29) is 11.5 Å². The van der Waals surface area contributed by atoms with Crippen LogP contribution in [-0.4, -0.2) is 16.5 Å². The molecule has 124 valence electrons. The molecule has 0 aliphatic heterocycles. The van der Waals surface area contributed by atoms with Crippen molar-refractivity contribution in [3.8, 4) is 5.75 Å². The van der Waals surface area contributed by atoms with Crippen LogP contribution >= 0.6 is 11.3 Å². The number of rotatable bonds is 5. The van der Waals surface area contributed by atoms with Gasteiger partial charge in [-0.1, -0.05) is 12.1 Å². The molecule has 0 radical (unpaired) electrons. The van der Waals surface area contributed by atoms with Crippen LogP contribution in [0.4, 0.5) is 0 Å². The zero-order chi connectivity index (χ0) is 17.0. The summed E-state index contributed by atoms with van der Waals surface area (Å²) in [5, 5.41) is 5.36. The number of hydrogen-bond donors (Lipinski definition) is 2. The highest BCUT2D eigenvalue weighted by Crippen LogP contribution is 2.24. The first-order chi connectivity index (χ1) is 10.8. The van der Waals surface area contributed by atoms with Gasteiger partial charge in [-0.05, 0) is 39.3 Å². The van der Waals surface area contributed by atoms with Crippen LogP contribution in [0.25, 0.3) is 0 Å². The minimum atomic E-state index is -0.294. The Morgan fingerprint density at radius 1 is 1.39 bits per heavy atom. The molecule has 1 aromatic heterocycles. The van der Waals surface area contributed by atoms with Crippen molar-refractivity contribution in [2.45, 2.75) is 46.4 Å². The van der Waals surface area contributed by atoms with Crippen LogP contribution in [0.15, 0.2) is 23.6 Å². The zero-order valence-corrected chi connectivity index (χ0v) is 14.8. The minimum Gasteiger partial charge on any atom is -0.488 e. The van der Waals surface area contributed by atoms with Crippen LogP contribution in [-0.2, 0) is 13.1 Å². The van der Waals surface area contributed by atoms with Crippen molar-refractivity contribution in [1.82, 2.24) is 10.3 Å². The van der Waals surface area contributed by atoms with Crippen LogP contribution in [0.2, 0.25) is 0 Å². The van der Waals surface area contributed by atoms with Crippen molar-refractivity contribution < 1.29 is 9.53 Å². The average Bonchev–Trinajstić information content (AvgIpc) is 2.93. The van der Waals surface area contributed by atoms with Crippen LogP contribution in [0.3, 0.4) is 0 Å². The molecule has 2 rings (SSSR count). The Kier molecular flexibility index (Phi) is 5.38. The van der Waals surface area contributed by atoms with E-state index in [0.29, 0.717) is 18.8 Å². The Labute approximate surface area is 140 Å². The second-order valence-electron chi connectivity index (χ2n) is 6.34. The number of aromatic nitrogens is 1. The maximum atomic E-state index is 12.2. The van der Waals surface area contributed by atoms with Gasteiger partial charge in [0.15, 0.2) is 0 Å².